The van der Waals surface area contributed by atoms with Gasteiger partial charge in [0.2, 0.25) is 0 Å². The van der Waals surface area contributed by atoms with E-state index in [1.54, 1.807) is 0 Å². The van der Waals surface area contributed by atoms with Crippen LogP contribution in [0.3, 0.4) is 0 Å². The molecule has 0 amide bonds. The normalized spacial score (nSPS) is 11.0. The van der Waals surface area contributed by atoms with Crippen LogP contribution in [0.25, 0.3) is 78.7 Å². The van der Waals surface area contributed by atoms with E-state index in [2.05, 4.69) is 84.9 Å². The van der Waals surface area contributed by atoms with Crippen LogP contribution in [0.4, 0.5) is 0 Å². The summed E-state index contributed by atoms with van der Waals surface area (Å²) in [4.78, 5) is 15.0. The summed E-state index contributed by atoms with van der Waals surface area (Å²) in [5.41, 5.74) is 10.8. The Labute approximate surface area is 301 Å². The van der Waals surface area contributed by atoms with E-state index in [1.165, 1.54) is 0 Å². The lowest BCUT2D eigenvalue weighted by Crippen LogP contribution is -2.00. The first-order valence-electron chi connectivity index (χ1n) is 16.3. The van der Waals surface area contributed by atoms with Gasteiger partial charge in [0, 0.05) is 32.3 Å². The monoisotopic (exact) mass is 681 g/mol. The third kappa shape index (κ3) is 6.57. The highest BCUT2D eigenvalue weighted by Crippen LogP contribution is 2.41. The number of hydrogen-bond donors (Lipinski definition) is 0. The number of halogens is 2. The van der Waals surface area contributed by atoms with Gasteiger partial charge in [0.05, 0.1) is 0 Å². The van der Waals surface area contributed by atoms with Crippen molar-refractivity contribution in [2.24, 2.45) is 0 Å². The van der Waals surface area contributed by atoms with E-state index in [-0.39, 0.29) is 0 Å². The van der Waals surface area contributed by atoms with E-state index >= 15 is 0 Å². The standard InChI is InChI=1S/C45H29Cl2N3/c46-40-22-13-23-41(47)42(40)38-27-37(36-25-34(30-14-5-1-6-15-30)24-35(26-36)31-16-7-2-8-17-31)28-39(29-38)45-49-43(32-18-9-3-10-19-32)48-44(50-45)33-20-11-4-12-21-33/h1-29H. The van der Waals surface area contributed by atoms with Crippen LogP contribution in [0.15, 0.2) is 176 Å². The molecule has 0 unspecified atom stereocenters. The van der Waals surface area contributed by atoms with Crippen LogP contribution < -0.4 is 0 Å². The molecular formula is C45H29Cl2N3. The van der Waals surface area contributed by atoms with Gasteiger partial charge in [-0.2, -0.15) is 0 Å². The lowest BCUT2D eigenvalue weighted by Gasteiger charge is -2.16. The minimum absolute atomic E-state index is 0.548. The Morgan fingerprint density at radius 3 is 0.980 bits per heavy atom. The average Bonchev–Trinajstić information content (AvgIpc) is 3.19. The third-order valence-electron chi connectivity index (χ3n) is 8.62. The second kappa shape index (κ2) is 13.9. The zero-order valence-electron chi connectivity index (χ0n) is 26.8. The average molecular weight is 683 g/mol. The van der Waals surface area contributed by atoms with Crippen LogP contribution in [-0.2, 0) is 0 Å². The van der Waals surface area contributed by atoms with E-state index in [0.29, 0.717) is 27.5 Å². The molecule has 0 saturated carbocycles. The van der Waals surface area contributed by atoms with Crippen molar-refractivity contribution in [1.82, 2.24) is 15.0 Å². The minimum Gasteiger partial charge on any atom is -0.208 e. The van der Waals surface area contributed by atoms with Crippen molar-refractivity contribution in [3.05, 3.63) is 186 Å². The maximum Gasteiger partial charge on any atom is 0.164 e. The number of rotatable bonds is 7. The summed E-state index contributed by atoms with van der Waals surface area (Å²) in [5.74, 6) is 1.73. The lowest BCUT2D eigenvalue weighted by molar-refractivity contribution is 1.07. The Hall–Kier alpha value is -5.87. The van der Waals surface area contributed by atoms with Gasteiger partial charge in [-0.25, -0.2) is 15.0 Å². The maximum absolute atomic E-state index is 6.86. The van der Waals surface area contributed by atoms with Gasteiger partial charge >= 0.3 is 0 Å². The molecule has 1 heterocycles. The lowest BCUT2D eigenvalue weighted by atomic mass is 9.91. The molecule has 0 radical (unpaired) electrons. The van der Waals surface area contributed by atoms with E-state index in [4.69, 9.17) is 38.2 Å². The molecule has 0 N–H and O–H groups in total. The zero-order chi connectivity index (χ0) is 33.9. The molecule has 0 aliphatic rings. The summed E-state index contributed by atoms with van der Waals surface area (Å²) in [6.45, 7) is 0. The Bertz CT molecular complexity index is 2150. The van der Waals surface area contributed by atoms with Gasteiger partial charge in [0.25, 0.3) is 0 Å². The quantitative estimate of drug-likeness (QED) is 0.168. The second-order valence-corrected chi connectivity index (χ2v) is 12.8. The Morgan fingerprint density at radius 2 is 0.560 bits per heavy atom. The highest BCUT2D eigenvalue weighted by molar-refractivity contribution is 6.39. The predicted molar refractivity (Wildman–Crippen MR) is 208 cm³/mol. The second-order valence-electron chi connectivity index (χ2n) is 12.0. The molecule has 0 bridgehead atoms. The van der Waals surface area contributed by atoms with Gasteiger partial charge in [-0.3, -0.25) is 0 Å². The van der Waals surface area contributed by atoms with Crippen molar-refractivity contribution in [2.75, 3.05) is 0 Å². The Kier molecular flexibility index (Phi) is 8.75. The fourth-order valence-electron chi connectivity index (χ4n) is 6.17. The van der Waals surface area contributed by atoms with Gasteiger partial charge in [0.1, 0.15) is 0 Å². The van der Waals surface area contributed by atoms with Crippen molar-refractivity contribution in [2.45, 2.75) is 0 Å². The molecule has 1 aromatic heterocycles. The predicted octanol–water partition coefficient (Wildman–Crippen LogP) is 12.8. The minimum atomic E-state index is 0.548. The summed E-state index contributed by atoms with van der Waals surface area (Å²) in [7, 11) is 0. The summed E-state index contributed by atoms with van der Waals surface area (Å²) in [6, 6.07) is 59.5. The summed E-state index contributed by atoms with van der Waals surface area (Å²) in [5, 5.41) is 1.13. The van der Waals surface area contributed by atoms with Crippen LogP contribution in [0.2, 0.25) is 10.0 Å². The van der Waals surface area contributed by atoms with Gasteiger partial charge < -0.3 is 0 Å². The summed E-state index contributed by atoms with van der Waals surface area (Å²) >= 11 is 13.7. The SMILES string of the molecule is Clc1cccc(Cl)c1-c1cc(-c2cc(-c3ccccc3)cc(-c3ccccc3)c2)cc(-c2nc(-c3ccccc3)nc(-c3ccccc3)n2)c1. The number of hydrogen-bond acceptors (Lipinski definition) is 3. The van der Waals surface area contributed by atoms with Gasteiger partial charge in [-0.15, -0.1) is 0 Å². The third-order valence-corrected chi connectivity index (χ3v) is 9.25. The molecule has 8 rings (SSSR count). The highest BCUT2D eigenvalue weighted by Gasteiger charge is 2.18. The van der Waals surface area contributed by atoms with Crippen LogP contribution in [0, 0.1) is 0 Å². The fraction of sp³-hybridized carbons (Fsp3) is 0. The molecule has 0 spiro atoms. The van der Waals surface area contributed by atoms with Crippen molar-refractivity contribution in [1.29, 1.82) is 0 Å². The van der Waals surface area contributed by atoms with Crippen LogP contribution in [0.1, 0.15) is 0 Å². The molecule has 5 heteroatoms. The number of benzene rings is 7. The van der Waals surface area contributed by atoms with Gasteiger partial charge in [0.15, 0.2) is 17.5 Å². The number of nitrogens with zero attached hydrogens (tertiary/aromatic N) is 3. The Morgan fingerprint density at radius 1 is 0.260 bits per heavy atom. The van der Waals surface area contributed by atoms with Crippen molar-refractivity contribution in [3.8, 4) is 78.7 Å². The van der Waals surface area contributed by atoms with Gasteiger partial charge in [-0.05, 0) is 87.5 Å². The van der Waals surface area contributed by atoms with E-state index < -0.39 is 0 Å². The van der Waals surface area contributed by atoms with Crippen molar-refractivity contribution in [3.63, 3.8) is 0 Å². The van der Waals surface area contributed by atoms with Crippen molar-refractivity contribution < 1.29 is 0 Å². The van der Waals surface area contributed by atoms with E-state index in [0.717, 1.165) is 61.2 Å². The maximum atomic E-state index is 6.86. The smallest absolute Gasteiger partial charge is 0.164 e. The first-order valence-corrected chi connectivity index (χ1v) is 17.1. The summed E-state index contributed by atoms with van der Waals surface area (Å²) in [6.07, 6.45) is 0. The molecule has 8 aromatic rings. The van der Waals surface area contributed by atoms with E-state index in [9.17, 15) is 0 Å². The highest BCUT2D eigenvalue weighted by atomic mass is 35.5. The molecule has 0 saturated heterocycles. The first kappa shape index (κ1) is 31.4. The largest absolute Gasteiger partial charge is 0.208 e. The van der Waals surface area contributed by atoms with Crippen LogP contribution >= 0.6 is 23.2 Å². The molecule has 0 aliphatic heterocycles. The van der Waals surface area contributed by atoms with Crippen LogP contribution in [-0.4, -0.2) is 15.0 Å². The summed E-state index contributed by atoms with van der Waals surface area (Å²) < 4.78 is 0. The first-order chi connectivity index (χ1) is 24.6. The molecule has 0 atom stereocenters. The van der Waals surface area contributed by atoms with E-state index in [1.807, 2.05) is 91.0 Å². The fourth-order valence-corrected chi connectivity index (χ4v) is 6.78. The topological polar surface area (TPSA) is 38.7 Å². The van der Waals surface area contributed by atoms with Crippen molar-refractivity contribution >= 4 is 23.2 Å². The molecule has 3 nitrogen and oxygen atoms in total. The molecule has 50 heavy (non-hydrogen) atoms. The molecule has 7 aromatic carbocycles. The zero-order valence-corrected chi connectivity index (χ0v) is 28.4. The van der Waals surface area contributed by atoms with Gasteiger partial charge in [-0.1, -0.05) is 151 Å². The van der Waals surface area contributed by atoms with Crippen LogP contribution in [0.5, 0.6) is 0 Å². The Balaban J connectivity index is 1.39. The molecule has 0 fully saturated rings. The number of aromatic nitrogens is 3. The molecular weight excluding hydrogens is 653 g/mol. The molecule has 238 valence electrons. The molecule has 0 aliphatic carbocycles.